The van der Waals surface area contributed by atoms with Gasteiger partial charge in [0.25, 0.3) is 0 Å². The minimum atomic E-state index is -0.202. The standard InChI is InChI=1S/C13H23NO5.C2H6.CH4/c1-2-18-13(17)6-4-3-5-9-19-14-11(10-15)7-8-12(14)16;1-2;/h11,15H,2-10H2,1H3;1-2H3;1H4. The Morgan fingerprint density at radius 1 is 1.32 bits per heavy atom. The van der Waals surface area contributed by atoms with E-state index in [4.69, 9.17) is 14.7 Å². The first-order valence-electron chi connectivity index (χ1n) is 7.90. The van der Waals surface area contributed by atoms with Crippen molar-refractivity contribution in [3.8, 4) is 0 Å². The fourth-order valence-electron chi connectivity index (χ4n) is 2.01. The smallest absolute Gasteiger partial charge is 0.305 e. The molecular formula is C16H33NO5. The molecule has 0 aliphatic carbocycles. The van der Waals surface area contributed by atoms with E-state index in [9.17, 15) is 9.59 Å². The highest BCUT2D eigenvalue weighted by atomic mass is 16.7. The summed E-state index contributed by atoms with van der Waals surface area (Å²) in [6.45, 7) is 6.58. The van der Waals surface area contributed by atoms with Gasteiger partial charge in [-0.15, -0.1) is 0 Å². The molecule has 1 N–H and O–H groups in total. The van der Waals surface area contributed by atoms with Crippen LogP contribution in [-0.4, -0.2) is 47.9 Å². The quantitative estimate of drug-likeness (QED) is 0.522. The third-order valence-corrected chi connectivity index (χ3v) is 3.04. The Kier molecular flexibility index (Phi) is 15.5. The van der Waals surface area contributed by atoms with Crippen molar-refractivity contribution in [2.45, 2.75) is 72.8 Å². The molecule has 132 valence electrons. The van der Waals surface area contributed by atoms with Crippen molar-refractivity contribution in [2.24, 2.45) is 0 Å². The maximum Gasteiger partial charge on any atom is 0.305 e. The number of amides is 1. The van der Waals surface area contributed by atoms with Crippen LogP contribution in [0.2, 0.25) is 0 Å². The second-order valence-electron chi connectivity index (χ2n) is 4.54. The van der Waals surface area contributed by atoms with Crippen LogP contribution in [0.15, 0.2) is 0 Å². The van der Waals surface area contributed by atoms with Gasteiger partial charge in [-0.2, -0.15) is 0 Å². The van der Waals surface area contributed by atoms with Crippen molar-refractivity contribution < 1.29 is 24.3 Å². The van der Waals surface area contributed by atoms with Crippen LogP contribution in [0.1, 0.15) is 66.7 Å². The Morgan fingerprint density at radius 2 is 2.00 bits per heavy atom. The Labute approximate surface area is 134 Å². The Bertz CT molecular complexity index is 296. The lowest BCUT2D eigenvalue weighted by Gasteiger charge is -2.21. The van der Waals surface area contributed by atoms with Crippen molar-refractivity contribution in [3.05, 3.63) is 0 Å². The molecule has 1 heterocycles. The number of carbonyl (C=O) groups is 2. The van der Waals surface area contributed by atoms with E-state index in [-0.39, 0.29) is 32.0 Å². The van der Waals surface area contributed by atoms with Gasteiger partial charge in [-0.25, -0.2) is 5.06 Å². The first-order chi connectivity index (χ1) is 10.2. The number of hydrogen-bond donors (Lipinski definition) is 1. The molecule has 1 unspecified atom stereocenters. The topological polar surface area (TPSA) is 76.1 Å². The average molecular weight is 319 g/mol. The number of unbranched alkanes of at least 4 members (excludes halogenated alkanes) is 2. The summed E-state index contributed by atoms with van der Waals surface area (Å²) in [7, 11) is 0. The summed E-state index contributed by atoms with van der Waals surface area (Å²) in [4.78, 5) is 27.9. The summed E-state index contributed by atoms with van der Waals surface area (Å²) in [6.07, 6.45) is 3.91. The molecule has 0 bridgehead atoms. The molecule has 1 rings (SSSR count). The number of rotatable bonds is 9. The number of nitrogens with zero attached hydrogens (tertiary/aromatic N) is 1. The molecular weight excluding hydrogens is 286 g/mol. The van der Waals surface area contributed by atoms with E-state index in [0.717, 1.165) is 19.3 Å². The molecule has 0 spiro atoms. The van der Waals surface area contributed by atoms with Gasteiger partial charge in [0.15, 0.2) is 0 Å². The first kappa shape index (κ1) is 23.1. The number of esters is 1. The van der Waals surface area contributed by atoms with Gasteiger partial charge in [0.1, 0.15) is 0 Å². The Balaban J connectivity index is 0. The maximum absolute atomic E-state index is 11.5. The second kappa shape index (κ2) is 14.8. The zero-order chi connectivity index (χ0) is 16.1. The van der Waals surface area contributed by atoms with Crippen molar-refractivity contribution in [3.63, 3.8) is 0 Å². The molecule has 6 heteroatoms. The van der Waals surface area contributed by atoms with Gasteiger partial charge >= 0.3 is 5.97 Å². The number of ether oxygens (including phenoxy) is 1. The molecule has 1 atom stereocenters. The van der Waals surface area contributed by atoms with Crippen molar-refractivity contribution in [1.29, 1.82) is 0 Å². The molecule has 0 aromatic carbocycles. The molecule has 22 heavy (non-hydrogen) atoms. The van der Waals surface area contributed by atoms with Gasteiger partial charge in [0.05, 0.1) is 25.9 Å². The van der Waals surface area contributed by atoms with Crippen LogP contribution in [0.5, 0.6) is 0 Å². The van der Waals surface area contributed by atoms with Gasteiger partial charge in [-0.05, 0) is 26.2 Å². The van der Waals surface area contributed by atoms with Gasteiger partial charge in [0, 0.05) is 12.8 Å². The number of aliphatic hydroxyl groups is 1. The summed E-state index contributed by atoms with van der Waals surface area (Å²) in [5.74, 6) is -0.232. The van der Waals surface area contributed by atoms with Crippen molar-refractivity contribution >= 4 is 11.9 Å². The molecule has 0 aromatic heterocycles. The first-order valence-corrected chi connectivity index (χ1v) is 7.90. The predicted molar refractivity (Wildman–Crippen MR) is 86.1 cm³/mol. The van der Waals surface area contributed by atoms with Crippen molar-refractivity contribution in [2.75, 3.05) is 19.8 Å². The lowest BCUT2D eigenvalue weighted by Crippen LogP contribution is -2.35. The Hall–Kier alpha value is -1.14. The lowest BCUT2D eigenvalue weighted by atomic mass is 10.2. The largest absolute Gasteiger partial charge is 0.466 e. The normalized spacial score (nSPS) is 16.6. The molecule has 1 amide bonds. The fraction of sp³-hybridized carbons (Fsp3) is 0.875. The van der Waals surface area contributed by atoms with E-state index in [1.807, 2.05) is 13.8 Å². The zero-order valence-electron chi connectivity index (χ0n) is 13.5. The number of hydroxylamine groups is 2. The van der Waals surface area contributed by atoms with E-state index < -0.39 is 0 Å². The minimum absolute atomic E-state index is 0. The van der Waals surface area contributed by atoms with Gasteiger partial charge < -0.3 is 9.84 Å². The van der Waals surface area contributed by atoms with Crippen LogP contribution < -0.4 is 0 Å². The fourth-order valence-corrected chi connectivity index (χ4v) is 2.01. The van der Waals surface area contributed by atoms with E-state index in [0.29, 0.717) is 32.5 Å². The number of carbonyl (C=O) groups excluding carboxylic acids is 2. The summed E-state index contributed by atoms with van der Waals surface area (Å²) in [6, 6.07) is -0.202. The maximum atomic E-state index is 11.5. The molecule has 0 aromatic rings. The van der Waals surface area contributed by atoms with E-state index in [1.165, 1.54) is 5.06 Å². The Morgan fingerprint density at radius 3 is 2.59 bits per heavy atom. The highest BCUT2D eigenvalue weighted by molar-refractivity contribution is 5.77. The summed E-state index contributed by atoms with van der Waals surface area (Å²) in [5.41, 5.74) is 0. The number of hydrogen-bond acceptors (Lipinski definition) is 5. The van der Waals surface area contributed by atoms with Crippen LogP contribution >= 0.6 is 0 Å². The van der Waals surface area contributed by atoms with Crippen LogP contribution in [0.3, 0.4) is 0 Å². The monoisotopic (exact) mass is 319 g/mol. The molecule has 1 fully saturated rings. The highest BCUT2D eigenvalue weighted by Gasteiger charge is 2.31. The summed E-state index contributed by atoms with van der Waals surface area (Å²) >= 11 is 0. The average Bonchev–Trinajstić information content (AvgIpc) is 2.85. The van der Waals surface area contributed by atoms with Crippen LogP contribution in [-0.2, 0) is 19.2 Å². The van der Waals surface area contributed by atoms with Gasteiger partial charge in [0.2, 0.25) is 5.91 Å². The third kappa shape index (κ3) is 9.00. The molecule has 0 radical (unpaired) electrons. The third-order valence-electron chi connectivity index (χ3n) is 3.04. The highest BCUT2D eigenvalue weighted by Crippen LogP contribution is 2.18. The molecule has 1 aliphatic heterocycles. The van der Waals surface area contributed by atoms with Gasteiger partial charge in [-0.3, -0.25) is 14.4 Å². The van der Waals surface area contributed by atoms with E-state index >= 15 is 0 Å². The predicted octanol–water partition coefficient (Wildman–Crippen LogP) is 2.69. The van der Waals surface area contributed by atoms with Gasteiger partial charge in [-0.1, -0.05) is 27.7 Å². The van der Waals surface area contributed by atoms with Crippen LogP contribution in [0.25, 0.3) is 0 Å². The van der Waals surface area contributed by atoms with Crippen LogP contribution in [0, 0.1) is 0 Å². The zero-order valence-corrected chi connectivity index (χ0v) is 13.5. The summed E-state index contributed by atoms with van der Waals surface area (Å²) < 4.78 is 4.82. The second-order valence-corrected chi connectivity index (χ2v) is 4.54. The van der Waals surface area contributed by atoms with Crippen LogP contribution in [0.4, 0.5) is 0 Å². The minimum Gasteiger partial charge on any atom is -0.466 e. The number of aliphatic hydroxyl groups excluding tert-OH is 1. The molecule has 0 saturated carbocycles. The molecule has 1 aliphatic rings. The van der Waals surface area contributed by atoms with E-state index in [2.05, 4.69) is 0 Å². The van der Waals surface area contributed by atoms with Crippen molar-refractivity contribution in [1.82, 2.24) is 5.06 Å². The van der Waals surface area contributed by atoms with E-state index in [1.54, 1.807) is 6.92 Å². The SMILES string of the molecule is C.CC.CCOC(=O)CCCCCON1C(=O)CCC1CO. The molecule has 6 nitrogen and oxygen atoms in total. The lowest BCUT2D eigenvalue weighted by molar-refractivity contribution is -0.193. The summed E-state index contributed by atoms with van der Waals surface area (Å²) in [5, 5.41) is 10.4. The molecule has 1 saturated heterocycles.